The van der Waals surface area contributed by atoms with Gasteiger partial charge in [0.15, 0.2) is 11.5 Å². The van der Waals surface area contributed by atoms with Crippen LogP contribution in [0.2, 0.25) is 0 Å². The molecule has 5 heteroatoms. The molecule has 0 bridgehead atoms. The largest absolute Gasteiger partial charge is 0.493 e. The first-order chi connectivity index (χ1) is 9.28. The van der Waals surface area contributed by atoms with Crippen molar-refractivity contribution >= 4 is 6.09 Å². The summed E-state index contributed by atoms with van der Waals surface area (Å²) in [5.41, 5.74) is 0.351. The number of ether oxygens (including phenoxy) is 3. The van der Waals surface area contributed by atoms with E-state index in [9.17, 15) is 4.79 Å². The molecule has 112 valence electrons. The highest BCUT2D eigenvalue weighted by Gasteiger charge is 2.21. The van der Waals surface area contributed by atoms with Crippen molar-refractivity contribution in [3.63, 3.8) is 0 Å². The van der Waals surface area contributed by atoms with Gasteiger partial charge in [0, 0.05) is 12.6 Å². The maximum atomic E-state index is 11.9. The summed E-state index contributed by atoms with van der Waals surface area (Å²) in [6.07, 6.45) is -0.373. The van der Waals surface area contributed by atoms with E-state index in [-0.39, 0.29) is 6.09 Å². The molecule has 1 rings (SSSR count). The molecule has 20 heavy (non-hydrogen) atoms. The fraction of sp³-hybridized carbons (Fsp3) is 0.533. The lowest BCUT2D eigenvalue weighted by atomic mass is 10.1. The average molecular weight is 281 g/mol. The third kappa shape index (κ3) is 4.33. The Hall–Kier alpha value is -1.91. The molecule has 0 spiro atoms. The predicted octanol–water partition coefficient (Wildman–Crippen LogP) is 3.07. The predicted molar refractivity (Wildman–Crippen MR) is 77.2 cm³/mol. The molecule has 1 aromatic carbocycles. The zero-order chi connectivity index (χ0) is 15.3. The van der Waals surface area contributed by atoms with Gasteiger partial charge in [-0.25, -0.2) is 4.79 Å². The van der Waals surface area contributed by atoms with Crippen LogP contribution in [0.4, 0.5) is 4.79 Å². The standard InChI is InChI=1S/C15H23NO4/c1-15(2,3)20-14(17)16(4)10-11-8-7-9-12(18-5)13(11)19-6/h7-9H,10H2,1-6H3. The summed E-state index contributed by atoms with van der Waals surface area (Å²) in [4.78, 5) is 13.5. The second-order valence-corrected chi connectivity index (χ2v) is 5.49. The van der Waals surface area contributed by atoms with Gasteiger partial charge in [0.2, 0.25) is 0 Å². The van der Waals surface area contributed by atoms with Gasteiger partial charge in [-0.1, -0.05) is 12.1 Å². The van der Waals surface area contributed by atoms with Crippen LogP contribution in [0.5, 0.6) is 11.5 Å². The molecule has 0 N–H and O–H groups in total. The normalized spacial score (nSPS) is 10.9. The smallest absolute Gasteiger partial charge is 0.410 e. The van der Waals surface area contributed by atoms with Crippen LogP contribution in [0.1, 0.15) is 26.3 Å². The lowest BCUT2D eigenvalue weighted by molar-refractivity contribution is 0.0284. The van der Waals surface area contributed by atoms with Crippen molar-refractivity contribution < 1.29 is 19.0 Å². The lowest BCUT2D eigenvalue weighted by Crippen LogP contribution is -2.33. The average Bonchev–Trinajstić information content (AvgIpc) is 2.36. The lowest BCUT2D eigenvalue weighted by Gasteiger charge is -2.25. The molecule has 0 atom stereocenters. The van der Waals surface area contributed by atoms with E-state index in [1.807, 2.05) is 39.0 Å². The van der Waals surface area contributed by atoms with Gasteiger partial charge < -0.3 is 19.1 Å². The van der Waals surface area contributed by atoms with Gasteiger partial charge in [0.1, 0.15) is 5.60 Å². The Morgan fingerprint density at radius 1 is 1.20 bits per heavy atom. The summed E-state index contributed by atoms with van der Waals surface area (Å²) >= 11 is 0. The molecule has 5 nitrogen and oxygen atoms in total. The minimum atomic E-state index is -0.510. The third-order valence-electron chi connectivity index (χ3n) is 2.60. The number of carbonyl (C=O) groups is 1. The van der Waals surface area contributed by atoms with Gasteiger partial charge in [-0.2, -0.15) is 0 Å². The number of rotatable bonds is 4. The van der Waals surface area contributed by atoms with Crippen LogP contribution in [0, 0.1) is 0 Å². The molecule has 0 fully saturated rings. The molecular formula is C15H23NO4. The monoisotopic (exact) mass is 281 g/mol. The van der Waals surface area contributed by atoms with Crippen LogP contribution in [0.25, 0.3) is 0 Å². The Morgan fingerprint density at radius 2 is 1.85 bits per heavy atom. The number of hydrogen-bond acceptors (Lipinski definition) is 4. The van der Waals surface area contributed by atoms with Crippen molar-refractivity contribution in [2.45, 2.75) is 32.9 Å². The zero-order valence-corrected chi connectivity index (χ0v) is 13.0. The van der Waals surface area contributed by atoms with Gasteiger partial charge in [0.25, 0.3) is 0 Å². The molecule has 0 unspecified atom stereocenters. The maximum Gasteiger partial charge on any atom is 0.410 e. The second-order valence-electron chi connectivity index (χ2n) is 5.49. The maximum absolute atomic E-state index is 11.9. The summed E-state index contributed by atoms with van der Waals surface area (Å²) in [5.74, 6) is 1.27. The van der Waals surface area contributed by atoms with E-state index in [2.05, 4.69) is 0 Å². The molecular weight excluding hydrogens is 258 g/mol. The topological polar surface area (TPSA) is 48.0 Å². The Morgan fingerprint density at radius 3 is 2.35 bits per heavy atom. The van der Waals surface area contributed by atoms with E-state index in [1.165, 1.54) is 4.90 Å². The summed E-state index contributed by atoms with van der Waals surface area (Å²) in [6, 6.07) is 5.57. The second kappa shape index (κ2) is 6.50. The van der Waals surface area contributed by atoms with Crippen LogP contribution >= 0.6 is 0 Å². The van der Waals surface area contributed by atoms with E-state index in [0.717, 1.165) is 5.56 Å². The minimum absolute atomic E-state index is 0.373. The molecule has 0 heterocycles. The number of methoxy groups -OCH3 is 2. The van der Waals surface area contributed by atoms with Crippen molar-refractivity contribution in [3.05, 3.63) is 23.8 Å². The van der Waals surface area contributed by atoms with Gasteiger partial charge >= 0.3 is 6.09 Å². The highest BCUT2D eigenvalue weighted by molar-refractivity contribution is 5.68. The Balaban J connectivity index is 2.85. The number of para-hydroxylation sites is 1. The Labute approximate surface area is 120 Å². The van der Waals surface area contributed by atoms with Crippen molar-refractivity contribution in [1.29, 1.82) is 0 Å². The highest BCUT2D eigenvalue weighted by atomic mass is 16.6. The van der Waals surface area contributed by atoms with Crippen LogP contribution in [0.3, 0.4) is 0 Å². The van der Waals surface area contributed by atoms with Gasteiger partial charge in [-0.3, -0.25) is 0 Å². The van der Waals surface area contributed by atoms with Crippen molar-refractivity contribution in [2.75, 3.05) is 21.3 Å². The van der Waals surface area contributed by atoms with Crippen LogP contribution in [-0.2, 0) is 11.3 Å². The summed E-state index contributed by atoms with van der Waals surface area (Å²) in [6.45, 7) is 5.90. The molecule has 1 aromatic rings. The summed E-state index contributed by atoms with van der Waals surface area (Å²) in [5, 5.41) is 0. The molecule has 0 radical (unpaired) electrons. The first kappa shape index (κ1) is 16.1. The molecule has 0 saturated carbocycles. The fourth-order valence-electron chi connectivity index (χ4n) is 1.74. The fourth-order valence-corrected chi connectivity index (χ4v) is 1.74. The van der Waals surface area contributed by atoms with Crippen LogP contribution in [0.15, 0.2) is 18.2 Å². The minimum Gasteiger partial charge on any atom is -0.493 e. The van der Waals surface area contributed by atoms with Crippen LogP contribution in [-0.4, -0.2) is 37.9 Å². The quantitative estimate of drug-likeness (QED) is 0.851. The molecule has 0 aromatic heterocycles. The highest BCUT2D eigenvalue weighted by Crippen LogP contribution is 2.31. The number of nitrogens with zero attached hydrogens (tertiary/aromatic N) is 1. The van der Waals surface area contributed by atoms with Gasteiger partial charge in [-0.15, -0.1) is 0 Å². The van der Waals surface area contributed by atoms with Gasteiger partial charge in [-0.05, 0) is 26.8 Å². The zero-order valence-electron chi connectivity index (χ0n) is 13.0. The molecule has 1 amide bonds. The third-order valence-corrected chi connectivity index (χ3v) is 2.60. The molecule has 0 aliphatic rings. The number of amides is 1. The SMILES string of the molecule is COc1cccc(CN(C)C(=O)OC(C)(C)C)c1OC. The number of hydrogen-bond donors (Lipinski definition) is 0. The Bertz CT molecular complexity index is 465. The first-order valence-electron chi connectivity index (χ1n) is 6.42. The van der Waals surface area contributed by atoms with Crippen molar-refractivity contribution in [3.8, 4) is 11.5 Å². The first-order valence-corrected chi connectivity index (χ1v) is 6.42. The van der Waals surface area contributed by atoms with E-state index in [4.69, 9.17) is 14.2 Å². The van der Waals surface area contributed by atoms with Crippen molar-refractivity contribution in [2.24, 2.45) is 0 Å². The van der Waals surface area contributed by atoms with E-state index >= 15 is 0 Å². The number of benzene rings is 1. The van der Waals surface area contributed by atoms with Crippen LogP contribution < -0.4 is 9.47 Å². The molecule has 0 aliphatic heterocycles. The number of carbonyl (C=O) groups excluding carboxylic acids is 1. The summed E-state index contributed by atoms with van der Waals surface area (Å²) < 4.78 is 15.9. The molecule has 0 saturated heterocycles. The summed E-state index contributed by atoms with van der Waals surface area (Å²) in [7, 11) is 4.85. The van der Waals surface area contributed by atoms with E-state index < -0.39 is 5.60 Å². The Kier molecular flexibility index (Phi) is 5.25. The van der Waals surface area contributed by atoms with E-state index in [1.54, 1.807) is 21.3 Å². The van der Waals surface area contributed by atoms with E-state index in [0.29, 0.717) is 18.0 Å². The van der Waals surface area contributed by atoms with Crippen molar-refractivity contribution in [1.82, 2.24) is 4.90 Å². The van der Waals surface area contributed by atoms with Gasteiger partial charge in [0.05, 0.1) is 20.8 Å². The molecule has 0 aliphatic carbocycles.